The molecule has 0 spiro atoms. The summed E-state index contributed by atoms with van der Waals surface area (Å²) in [5.41, 5.74) is 1.29. The summed E-state index contributed by atoms with van der Waals surface area (Å²) in [5, 5.41) is 10.2. The largest absolute Gasteiger partial charge is 0.396 e. The Morgan fingerprint density at radius 1 is 1.28 bits per heavy atom. The van der Waals surface area contributed by atoms with Crippen molar-refractivity contribution in [2.45, 2.75) is 44.8 Å². The summed E-state index contributed by atoms with van der Waals surface area (Å²) in [6, 6.07) is 2.65. The number of hydrogen-bond acceptors (Lipinski definition) is 4. The number of amides is 2. The molecule has 7 nitrogen and oxygen atoms in total. The molecule has 1 aromatic heterocycles. The molecule has 1 aliphatic carbocycles. The van der Waals surface area contributed by atoms with Gasteiger partial charge in [-0.15, -0.1) is 0 Å². The van der Waals surface area contributed by atoms with Gasteiger partial charge in [-0.2, -0.15) is 0 Å². The minimum absolute atomic E-state index is 0.0444. The molecule has 1 saturated carbocycles. The number of pyridine rings is 1. The number of carbonyl (C=O) groups is 2. The first kappa shape index (κ1) is 19.9. The van der Waals surface area contributed by atoms with Crippen LogP contribution in [0.1, 0.15) is 43.5 Å². The van der Waals surface area contributed by atoms with Crippen LogP contribution in [0.3, 0.4) is 0 Å². The summed E-state index contributed by atoms with van der Waals surface area (Å²) in [5.74, 6) is -0.350. The lowest BCUT2D eigenvalue weighted by Crippen LogP contribution is -2.50. The lowest BCUT2D eigenvalue weighted by Gasteiger charge is -2.32. The van der Waals surface area contributed by atoms with Gasteiger partial charge in [-0.05, 0) is 37.8 Å². The van der Waals surface area contributed by atoms with Crippen LogP contribution in [-0.4, -0.2) is 58.0 Å². The molecular formula is C22H29N3O4. The Balaban J connectivity index is 1.80. The molecule has 0 radical (unpaired) electrons. The highest BCUT2D eigenvalue weighted by molar-refractivity contribution is 5.89. The van der Waals surface area contributed by atoms with Crippen molar-refractivity contribution in [2.24, 2.45) is 17.8 Å². The molecule has 3 heterocycles. The number of likely N-dealkylation sites (tertiary alicyclic amines) is 1. The second kappa shape index (κ2) is 7.44. The van der Waals surface area contributed by atoms with Gasteiger partial charge in [-0.25, -0.2) is 0 Å². The highest BCUT2D eigenvalue weighted by Gasteiger charge is 2.57. The number of hydrogen-bond donors (Lipinski definition) is 1. The molecule has 3 aliphatic rings. The van der Waals surface area contributed by atoms with Crippen LogP contribution in [0.4, 0.5) is 0 Å². The van der Waals surface area contributed by atoms with E-state index in [-0.39, 0.29) is 41.9 Å². The lowest BCUT2D eigenvalue weighted by molar-refractivity contribution is -0.145. The molecule has 4 rings (SSSR count). The predicted octanol–water partition coefficient (Wildman–Crippen LogP) is 1.26. The number of aromatic nitrogens is 1. The van der Waals surface area contributed by atoms with Crippen LogP contribution in [-0.2, 0) is 16.1 Å². The summed E-state index contributed by atoms with van der Waals surface area (Å²) in [4.78, 5) is 42.4. The zero-order chi connectivity index (χ0) is 20.9. The molecule has 7 heteroatoms. The molecule has 2 fully saturated rings. The average molecular weight is 399 g/mol. The molecule has 2 aliphatic heterocycles. The zero-order valence-electron chi connectivity index (χ0n) is 17.2. The zero-order valence-corrected chi connectivity index (χ0v) is 17.2. The van der Waals surface area contributed by atoms with Crippen LogP contribution in [0.5, 0.6) is 0 Å². The fraction of sp³-hybridized carbons (Fsp3) is 0.591. The normalized spacial score (nSPS) is 27.9. The molecule has 1 N–H and O–H groups in total. The Morgan fingerprint density at radius 3 is 2.59 bits per heavy atom. The van der Waals surface area contributed by atoms with Crippen molar-refractivity contribution in [1.82, 2.24) is 14.4 Å². The first-order chi connectivity index (χ1) is 13.9. The van der Waals surface area contributed by atoms with E-state index in [2.05, 4.69) is 0 Å². The second-order valence-corrected chi connectivity index (χ2v) is 8.71. The third kappa shape index (κ3) is 3.21. The van der Waals surface area contributed by atoms with Gasteiger partial charge in [0.1, 0.15) is 6.04 Å². The molecule has 156 valence electrons. The van der Waals surface area contributed by atoms with Gasteiger partial charge in [0.2, 0.25) is 11.8 Å². The van der Waals surface area contributed by atoms with Gasteiger partial charge in [-0.3, -0.25) is 14.4 Å². The van der Waals surface area contributed by atoms with E-state index < -0.39 is 6.04 Å². The summed E-state index contributed by atoms with van der Waals surface area (Å²) in [6.45, 7) is 2.09. The van der Waals surface area contributed by atoms with E-state index in [4.69, 9.17) is 0 Å². The first-order valence-corrected chi connectivity index (χ1v) is 10.4. The Morgan fingerprint density at radius 2 is 2.00 bits per heavy atom. The van der Waals surface area contributed by atoms with Crippen molar-refractivity contribution in [3.63, 3.8) is 0 Å². The Labute approximate surface area is 170 Å². The average Bonchev–Trinajstić information content (AvgIpc) is 3.32. The van der Waals surface area contributed by atoms with Crippen molar-refractivity contribution >= 4 is 17.9 Å². The summed E-state index contributed by atoms with van der Waals surface area (Å²) < 4.78 is 1.72. The standard InChI is InChI=1S/C22H29N3O4/c1-4-5-14-8-9-17-19-15(11-24(17)21(14)28)16(12-26)20(22(29)23(2)3)25(19)18(27)10-13-6-7-13/h4-5,8-9,13,15-16,19-20,26H,6-7,10-12H2,1-3H3/b5-4-/t15-,16-,19+,20-/m0/s1. The molecule has 4 atom stereocenters. The number of aliphatic hydroxyl groups is 1. The van der Waals surface area contributed by atoms with Gasteiger partial charge in [-0.1, -0.05) is 12.2 Å². The van der Waals surface area contributed by atoms with E-state index in [0.717, 1.165) is 18.5 Å². The van der Waals surface area contributed by atoms with E-state index >= 15 is 0 Å². The molecule has 1 aromatic rings. The smallest absolute Gasteiger partial charge is 0.258 e. The van der Waals surface area contributed by atoms with Gasteiger partial charge < -0.3 is 19.5 Å². The Hall–Kier alpha value is -2.41. The molecule has 1 saturated heterocycles. The number of likely N-dealkylation sites (N-methyl/N-ethyl adjacent to an activating group) is 1. The number of nitrogens with zero attached hydrogens (tertiary/aromatic N) is 3. The molecule has 2 amide bonds. The maximum absolute atomic E-state index is 13.3. The van der Waals surface area contributed by atoms with Crippen molar-refractivity contribution in [3.8, 4) is 0 Å². The number of fused-ring (bicyclic) bond motifs is 3. The monoisotopic (exact) mass is 399 g/mol. The van der Waals surface area contributed by atoms with E-state index in [0.29, 0.717) is 24.4 Å². The fourth-order valence-corrected chi connectivity index (χ4v) is 5.01. The first-order valence-electron chi connectivity index (χ1n) is 10.4. The van der Waals surface area contributed by atoms with E-state index in [1.54, 1.807) is 35.7 Å². The lowest BCUT2D eigenvalue weighted by atomic mass is 9.88. The van der Waals surface area contributed by atoms with Gasteiger partial charge in [0.05, 0.1) is 6.04 Å². The molecule has 0 unspecified atom stereocenters. The van der Waals surface area contributed by atoms with Crippen LogP contribution in [0.15, 0.2) is 23.0 Å². The number of carbonyl (C=O) groups excluding carboxylic acids is 2. The maximum atomic E-state index is 13.3. The third-order valence-electron chi connectivity index (χ3n) is 6.59. The van der Waals surface area contributed by atoms with E-state index in [9.17, 15) is 19.5 Å². The fourth-order valence-electron chi connectivity index (χ4n) is 5.01. The summed E-state index contributed by atoms with van der Waals surface area (Å²) in [7, 11) is 3.35. The molecule has 0 aromatic carbocycles. The van der Waals surface area contributed by atoms with Crippen molar-refractivity contribution in [3.05, 3.63) is 39.8 Å². The van der Waals surface area contributed by atoms with Crippen LogP contribution in [0, 0.1) is 17.8 Å². The predicted molar refractivity (Wildman–Crippen MR) is 109 cm³/mol. The molecule has 29 heavy (non-hydrogen) atoms. The minimum atomic E-state index is -0.685. The number of aliphatic hydroxyl groups excluding tert-OH is 1. The third-order valence-corrected chi connectivity index (χ3v) is 6.59. The van der Waals surface area contributed by atoms with E-state index in [1.165, 1.54) is 4.90 Å². The van der Waals surface area contributed by atoms with Crippen LogP contribution in [0.25, 0.3) is 6.08 Å². The molecular weight excluding hydrogens is 370 g/mol. The van der Waals surface area contributed by atoms with Crippen LogP contribution in [0.2, 0.25) is 0 Å². The van der Waals surface area contributed by atoms with Crippen LogP contribution < -0.4 is 5.56 Å². The quantitative estimate of drug-likeness (QED) is 0.808. The van der Waals surface area contributed by atoms with Gasteiger partial charge in [0.25, 0.3) is 5.56 Å². The van der Waals surface area contributed by atoms with Gasteiger partial charge in [0, 0.05) is 56.8 Å². The van der Waals surface area contributed by atoms with Crippen LogP contribution >= 0.6 is 0 Å². The van der Waals surface area contributed by atoms with Crippen molar-refractivity contribution < 1.29 is 14.7 Å². The number of rotatable bonds is 5. The minimum Gasteiger partial charge on any atom is -0.396 e. The van der Waals surface area contributed by atoms with Crippen molar-refractivity contribution in [1.29, 1.82) is 0 Å². The maximum Gasteiger partial charge on any atom is 0.258 e. The van der Waals surface area contributed by atoms with Gasteiger partial charge in [0.15, 0.2) is 0 Å². The van der Waals surface area contributed by atoms with Gasteiger partial charge >= 0.3 is 0 Å². The topological polar surface area (TPSA) is 82.8 Å². The Kier molecular flexibility index (Phi) is 5.11. The number of allylic oxidation sites excluding steroid dienone is 1. The van der Waals surface area contributed by atoms with Crippen molar-refractivity contribution in [2.75, 3.05) is 20.7 Å². The highest BCUT2D eigenvalue weighted by atomic mass is 16.3. The molecule has 0 bridgehead atoms. The Bertz CT molecular complexity index is 915. The SMILES string of the molecule is C/C=C\c1ccc2n(c1=O)C[C@H]1[C@H](CO)[C@@H](C(=O)N(C)C)N(C(=O)CC3CC3)[C@@H]21. The second-order valence-electron chi connectivity index (χ2n) is 8.71. The summed E-state index contributed by atoms with van der Waals surface area (Å²) >= 11 is 0. The summed E-state index contributed by atoms with van der Waals surface area (Å²) in [6.07, 6.45) is 6.13. The highest BCUT2D eigenvalue weighted by Crippen LogP contribution is 2.50. The van der Waals surface area contributed by atoms with E-state index in [1.807, 2.05) is 19.1 Å².